The highest BCUT2D eigenvalue weighted by atomic mass is 127. The van der Waals surface area contributed by atoms with Crippen molar-refractivity contribution in [3.8, 4) is 0 Å². The van der Waals surface area contributed by atoms with E-state index in [0.717, 1.165) is 23.3 Å². The molecule has 1 aliphatic heterocycles. The third-order valence-corrected chi connectivity index (χ3v) is 6.91. The van der Waals surface area contributed by atoms with Gasteiger partial charge in [-0.2, -0.15) is 13.2 Å². The number of rotatable bonds is 7. The van der Waals surface area contributed by atoms with Crippen LogP contribution in [0.5, 0.6) is 0 Å². The molecule has 0 spiro atoms. The zero-order chi connectivity index (χ0) is 27.6. The van der Waals surface area contributed by atoms with Gasteiger partial charge >= 0.3 is 12.3 Å². The standard InChI is InChI=1S/C25H27F4IN6O2/c1-4-19-12-22(20-8-15(3)6-7-21(20)35(19)24(37)38-5-2)34(23-31-33-36(30)32-23)14-17-9-16(13-26)10-18(11-17)25(27,28)29/h6-11,19,22H,4-5,12-14H2,1-3H3/t19-,22+/m1/s1. The predicted octanol–water partition coefficient (Wildman–Crippen LogP) is 6.56. The Balaban J connectivity index is 1.85. The van der Waals surface area contributed by atoms with Crippen molar-refractivity contribution in [2.45, 2.75) is 65.1 Å². The van der Waals surface area contributed by atoms with E-state index in [-0.39, 0.29) is 36.3 Å². The van der Waals surface area contributed by atoms with Gasteiger partial charge in [0.2, 0.25) is 0 Å². The van der Waals surface area contributed by atoms with Crippen LogP contribution in [0, 0.1) is 6.92 Å². The van der Waals surface area contributed by atoms with Gasteiger partial charge in [0.25, 0.3) is 5.95 Å². The van der Waals surface area contributed by atoms with Crippen LogP contribution < -0.4 is 9.80 Å². The Morgan fingerprint density at radius 3 is 2.53 bits per heavy atom. The van der Waals surface area contributed by atoms with E-state index in [2.05, 4.69) is 15.4 Å². The van der Waals surface area contributed by atoms with E-state index in [1.807, 2.05) is 54.9 Å². The van der Waals surface area contributed by atoms with Crippen molar-refractivity contribution in [3.63, 3.8) is 0 Å². The minimum absolute atomic E-state index is 0.0346. The second kappa shape index (κ2) is 11.4. The van der Waals surface area contributed by atoms with Crippen molar-refractivity contribution >= 4 is 40.6 Å². The molecular formula is C25H27F4IN6O2. The van der Waals surface area contributed by atoms with Crippen molar-refractivity contribution in [2.24, 2.45) is 0 Å². The van der Waals surface area contributed by atoms with Gasteiger partial charge in [0, 0.05) is 12.6 Å². The van der Waals surface area contributed by atoms with Gasteiger partial charge in [0.15, 0.2) is 0 Å². The highest BCUT2D eigenvalue weighted by Crippen LogP contribution is 2.44. The van der Waals surface area contributed by atoms with Crippen LogP contribution in [0.15, 0.2) is 36.4 Å². The molecule has 38 heavy (non-hydrogen) atoms. The molecular weight excluding hydrogens is 619 g/mol. The number of hydrogen-bond donors (Lipinski definition) is 0. The van der Waals surface area contributed by atoms with Crippen LogP contribution in [0.2, 0.25) is 0 Å². The average molecular weight is 646 g/mol. The molecule has 0 bridgehead atoms. The molecule has 1 aromatic heterocycles. The third kappa shape index (κ3) is 5.86. The zero-order valence-corrected chi connectivity index (χ0v) is 23.2. The van der Waals surface area contributed by atoms with Gasteiger partial charge in [-0.15, -0.1) is 5.10 Å². The van der Waals surface area contributed by atoms with Gasteiger partial charge in [-0.3, -0.25) is 4.90 Å². The number of fused-ring (bicyclic) bond motifs is 1. The van der Waals surface area contributed by atoms with Gasteiger partial charge in [-0.25, -0.2) is 9.18 Å². The first-order chi connectivity index (χ1) is 18.0. The number of amides is 1. The summed E-state index contributed by atoms with van der Waals surface area (Å²) >= 11 is 1.84. The fraction of sp³-hybridized carbons (Fsp3) is 0.440. The molecule has 0 radical (unpaired) electrons. The molecule has 0 saturated carbocycles. The molecule has 2 atom stereocenters. The lowest BCUT2D eigenvalue weighted by Crippen LogP contribution is -2.48. The number of tetrazole rings is 1. The maximum absolute atomic E-state index is 13.6. The summed E-state index contributed by atoms with van der Waals surface area (Å²) in [6.07, 6.45) is -4.04. The van der Waals surface area contributed by atoms with Gasteiger partial charge < -0.3 is 9.64 Å². The smallest absolute Gasteiger partial charge is 0.416 e. The summed E-state index contributed by atoms with van der Waals surface area (Å²) in [5.74, 6) is 0.204. The van der Waals surface area contributed by atoms with E-state index in [1.165, 1.54) is 9.08 Å². The first kappa shape index (κ1) is 28.0. The summed E-state index contributed by atoms with van der Waals surface area (Å²) in [5, 5.41) is 12.4. The van der Waals surface area contributed by atoms with E-state index < -0.39 is 30.5 Å². The van der Waals surface area contributed by atoms with Crippen LogP contribution in [0.25, 0.3) is 0 Å². The molecule has 0 aliphatic carbocycles. The second-order valence-corrected chi connectivity index (χ2v) is 9.94. The molecule has 2 aromatic carbocycles. The summed E-state index contributed by atoms with van der Waals surface area (Å²) in [5.41, 5.74) is 1.64. The van der Waals surface area contributed by atoms with Crippen LogP contribution in [0.4, 0.5) is 34.0 Å². The maximum Gasteiger partial charge on any atom is 0.416 e. The maximum atomic E-state index is 13.6. The summed E-state index contributed by atoms with van der Waals surface area (Å²) < 4.78 is 60.9. The zero-order valence-electron chi connectivity index (χ0n) is 21.0. The topological polar surface area (TPSA) is 76.4 Å². The summed E-state index contributed by atoms with van der Waals surface area (Å²) in [6, 6.07) is 8.27. The van der Waals surface area contributed by atoms with Crippen molar-refractivity contribution in [1.29, 1.82) is 0 Å². The minimum atomic E-state index is -4.63. The monoisotopic (exact) mass is 646 g/mol. The molecule has 0 fully saturated rings. The Morgan fingerprint density at radius 1 is 1.18 bits per heavy atom. The number of nitrogens with zero attached hydrogens (tertiary/aromatic N) is 6. The molecule has 0 N–H and O–H groups in total. The van der Waals surface area contributed by atoms with Crippen LogP contribution in [-0.4, -0.2) is 37.2 Å². The van der Waals surface area contributed by atoms with E-state index in [4.69, 9.17) is 4.74 Å². The van der Waals surface area contributed by atoms with E-state index >= 15 is 0 Å². The Kier molecular flexibility index (Phi) is 8.43. The summed E-state index contributed by atoms with van der Waals surface area (Å²) in [4.78, 5) is 16.4. The lowest BCUT2D eigenvalue weighted by Gasteiger charge is -2.43. The Bertz CT molecular complexity index is 1300. The highest BCUT2D eigenvalue weighted by Gasteiger charge is 2.40. The number of alkyl halides is 4. The SMILES string of the molecule is CCOC(=O)N1c2ccc(C)cc2[C@@H](N(Cc2cc(CF)cc(C(F)(F)F)c2)c2nnn(I)n2)C[C@H]1CC. The molecule has 2 heterocycles. The fourth-order valence-corrected chi connectivity index (χ4v) is 5.14. The van der Waals surface area contributed by atoms with Crippen molar-refractivity contribution in [3.05, 3.63) is 64.2 Å². The first-order valence-electron chi connectivity index (χ1n) is 12.1. The van der Waals surface area contributed by atoms with Gasteiger partial charge in [-0.1, -0.05) is 38.8 Å². The molecule has 4 rings (SSSR count). The predicted molar refractivity (Wildman–Crippen MR) is 142 cm³/mol. The molecule has 0 unspecified atom stereocenters. The number of anilines is 2. The van der Waals surface area contributed by atoms with Gasteiger partial charge in [0.05, 0.1) is 23.9 Å². The minimum Gasteiger partial charge on any atom is -0.449 e. The number of halogens is 5. The van der Waals surface area contributed by atoms with Crippen LogP contribution in [0.3, 0.4) is 0 Å². The molecule has 1 amide bonds. The number of benzene rings is 2. The largest absolute Gasteiger partial charge is 0.449 e. The van der Waals surface area contributed by atoms with Crippen LogP contribution in [0.1, 0.15) is 60.5 Å². The number of aromatic nitrogens is 4. The molecule has 0 saturated heterocycles. The number of carbonyl (C=O) groups is 1. The number of carbonyl (C=O) groups excluding carboxylic acids is 1. The van der Waals surface area contributed by atoms with Crippen molar-refractivity contribution in [1.82, 2.24) is 18.4 Å². The quantitative estimate of drug-likeness (QED) is 0.214. The number of hydrogen-bond acceptors (Lipinski definition) is 6. The average Bonchev–Trinajstić information content (AvgIpc) is 3.31. The normalized spacial score (nSPS) is 17.3. The Labute approximate surface area is 231 Å². The first-order valence-corrected chi connectivity index (χ1v) is 13.1. The van der Waals surface area contributed by atoms with E-state index in [0.29, 0.717) is 18.5 Å². The van der Waals surface area contributed by atoms with E-state index in [9.17, 15) is 22.4 Å². The Morgan fingerprint density at radius 2 is 1.92 bits per heavy atom. The Hall–Kier alpha value is -2.97. The summed E-state index contributed by atoms with van der Waals surface area (Å²) in [6.45, 7) is 4.77. The molecule has 1 aliphatic rings. The molecule has 13 heteroatoms. The molecule has 3 aromatic rings. The molecule has 204 valence electrons. The fourth-order valence-electron chi connectivity index (χ4n) is 4.85. The third-order valence-electron chi connectivity index (χ3n) is 6.50. The van der Waals surface area contributed by atoms with Crippen molar-refractivity contribution < 1.29 is 27.1 Å². The number of ether oxygens (including phenoxy) is 1. The second-order valence-electron chi connectivity index (χ2n) is 9.07. The van der Waals surface area contributed by atoms with Crippen molar-refractivity contribution in [2.75, 3.05) is 16.4 Å². The van der Waals surface area contributed by atoms with Gasteiger partial charge in [0.1, 0.15) is 29.5 Å². The van der Waals surface area contributed by atoms with Crippen LogP contribution >= 0.6 is 22.9 Å². The lowest BCUT2D eigenvalue weighted by molar-refractivity contribution is -0.137. The number of aryl methyl sites for hydroxylation is 1. The summed E-state index contributed by atoms with van der Waals surface area (Å²) in [7, 11) is 0. The van der Waals surface area contributed by atoms with Gasteiger partial charge in [-0.05, 0) is 66.8 Å². The molecule has 8 nitrogen and oxygen atoms in total. The van der Waals surface area contributed by atoms with Crippen LogP contribution in [-0.2, 0) is 24.1 Å². The van der Waals surface area contributed by atoms with E-state index in [1.54, 1.807) is 16.7 Å². The highest BCUT2D eigenvalue weighted by molar-refractivity contribution is 14.1. The lowest BCUT2D eigenvalue weighted by atomic mass is 9.87.